The molecule has 1 aliphatic carbocycles. The van der Waals surface area contributed by atoms with Crippen LogP contribution in [0.4, 0.5) is 4.79 Å². The Morgan fingerprint density at radius 1 is 1.08 bits per heavy atom. The van der Waals surface area contributed by atoms with Gasteiger partial charge in [-0.25, -0.2) is 4.79 Å². The second-order valence-electron chi connectivity index (χ2n) is 6.23. The van der Waals surface area contributed by atoms with Crippen LogP contribution in [0.25, 0.3) is 0 Å². The largest absolute Gasteiger partial charge is 0.493 e. The smallest absolute Gasteiger partial charge is 0.315 e. The molecular weight excluding hydrogens is 308 g/mol. The Morgan fingerprint density at radius 2 is 1.71 bits per heavy atom. The van der Waals surface area contributed by atoms with Crippen molar-refractivity contribution in [3.8, 4) is 17.2 Å². The third kappa shape index (κ3) is 4.46. The van der Waals surface area contributed by atoms with Gasteiger partial charge < -0.3 is 24.8 Å². The number of urea groups is 1. The summed E-state index contributed by atoms with van der Waals surface area (Å²) in [6, 6.07) is 3.80. The summed E-state index contributed by atoms with van der Waals surface area (Å²) >= 11 is 0. The Kier molecular flexibility index (Phi) is 6.58. The predicted molar refractivity (Wildman–Crippen MR) is 92.9 cm³/mol. The lowest BCUT2D eigenvalue weighted by Crippen LogP contribution is -2.45. The molecule has 2 rings (SSSR count). The first-order valence-corrected chi connectivity index (χ1v) is 8.42. The van der Waals surface area contributed by atoms with E-state index in [1.807, 2.05) is 12.1 Å². The zero-order valence-corrected chi connectivity index (χ0v) is 15.0. The molecule has 0 bridgehead atoms. The van der Waals surface area contributed by atoms with Gasteiger partial charge in [0.2, 0.25) is 5.75 Å². The van der Waals surface area contributed by atoms with Gasteiger partial charge in [0.05, 0.1) is 21.3 Å². The van der Waals surface area contributed by atoms with Crippen molar-refractivity contribution < 1.29 is 19.0 Å². The van der Waals surface area contributed by atoms with Gasteiger partial charge in [-0.3, -0.25) is 0 Å². The third-order valence-corrected chi connectivity index (χ3v) is 4.61. The van der Waals surface area contributed by atoms with Crippen molar-refractivity contribution in [2.75, 3.05) is 21.3 Å². The minimum absolute atomic E-state index is 0.137. The van der Waals surface area contributed by atoms with Gasteiger partial charge >= 0.3 is 6.03 Å². The molecule has 1 fully saturated rings. The van der Waals surface area contributed by atoms with Crippen molar-refractivity contribution in [2.45, 2.75) is 45.2 Å². The van der Waals surface area contributed by atoms with Gasteiger partial charge in [0.1, 0.15) is 0 Å². The molecule has 0 aliphatic heterocycles. The molecule has 1 aliphatic rings. The Morgan fingerprint density at radius 3 is 2.25 bits per heavy atom. The quantitative estimate of drug-likeness (QED) is 0.837. The average molecular weight is 336 g/mol. The molecule has 134 valence electrons. The molecule has 24 heavy (non-hydrogen) atoms. The summed E-state index contributed by atoms with van der Waals surface area (Å²) in [6.45, 7) is 2.59. The van der Waals surface area contributed by atoms with Gasteiger partial charge in [0.25, 0.3) is 0 Å². The molecule has 1 aromatic carbocycles. The number of methoxy groups -OCH3 is 3. The van der Waals surface area contributed by atoms with Crippen molar-refractivity contribution >= 4 is 6.03 Å². The lowest BCUT2D eigenvalue weighted by atomic mass is 9.86. The van der Waals surface area contributed by atoms with Crippen LogP contribution in [-0.2, 0) is 6.54 Å². The molecule has 2 amide bonds. The molecule has 0 aromatic heterocycles. The van der Waals surface area contributed by atoms with Gasteiger partial charge in [-0.1, -0.05) is 19.8 Å². The highest BCUT2D eigenvalue weighted by Crippen LogP contribution is 2.38. The molecule has 1 aromatic rings. The van der Waals surface area contributed by atoms with Crippen LogP contribution in [0.5, 0.6) is 17.2 Å². The fourth-order valence-corrected chi connectivity index (χ4v) is 3.17. The summed E-state index contributed by atoms with van der Waals surface area (Å²) in [7, 11) is 4.72. The maximum Gasteiger partial charge on any atom is 0.315 e. The Balaban J connectivity index is 1.97. The number of nitrogens with one attached hydrogen (secondary N) is 2. The fourth-order valence-electron chi connectivity index (χ4n) is 3.17. The summed E-state index contributed by atoms with van der Waals surface area (Å²) < 4.78 is 16.0. The van der Waals surface area contributed by atoms with Crippen molar-refractivity contribution in [3.63, 3.8) is 0 Å². The van der Waals surface area contributed by atoms with Gasteiger partial charge in [0, 0.05) is 12.6 Å². The highest BCUT2D eigenvalue weighted by atomic mass is 16.5. The topological polar surface area (TPSA) is 68.8 Å². The minimum Gasteiger partial charge on any atom is -0.493 e. The molecule has 2 unspecified atom stereocenters. The van der Waals surface area contributed by atoms with E-state index in [0.29, 0.717) is 29.7 Å². The number of rotatable bonds is 6. The highest BCUT2D eigenvalue weighted by molar-refractivity contribution is 5.74. The maximum atomic E-state index is 12.2. The van der Waals surface area contributed by atoms with E-state index >= 15 is 0 Å². The second kappa shape index (κ2) is 8.66. The normalized spacial score (nSPS) is 20.2. The van der Waals surface area contributed by atoms with Gasteiger partial charge in [-0.15, -0.1) is 0 Å². The molecule has 0 saturated heterocycles. The first kappa shape index (κ1) is 18.2. The number of carbonyl (C=O) groups excluding carboxylic acids is 1. The summed E-state index contributed by atoms with van der Waals surface area (Å²) in [5, 5.41) is 5.99. The first-order chi connectivity index (χ1) is 11.6. The van der Waals surface area contributed by atoms with Crippen LogP contribution in [-0.4, -0.2) is 33.4 Å². The van der Waals surface area contributed by atoms with E-state index in [4.69, 9.17) is 14.2 Å². The van der Waals surface area contributed by atoms with E-state index in [9.17, 15) is 4.79 Å². The third-order valence-electron chi connectivity index (χ3n) is 4.61. The lowest BCUT2D eigenvalue weighted by molar-refractivity contribution is 0.221. The van der Waals surface area contributed by atoms with Crippen LogP contribution in [0.15, 0.2) is 12.1 Å². The summed E-state index contributed by atoms with van der Waals surface area (Å²) in [5.74, 6) is 2.24. The standard InChI is InChI=1S/C18H28N2O4/c1-12-7-5-6-8-14(12)20-18(21)19-11-13-9-15(22-2)17(24-4)16(10-13)23-3/h9-10,12,14H,5-8,11H2,1-4H3,(H2,19,20,21). The zero-order chi connectivity index (χ0) is 17.5. The van der Waals surface area contributed by atoms with E-state index in [2.05, 4.69) is 17.6 Å². The van der Waals surface area contributed by atoms with Gasteiger partial charge in [-0.2, -0.15) is 0 Å². The van der Waals surface area contributed by atoms with E-state index < -0.39 is 0 Å². The number of ether oxygens (including phenoxy) is 3. The van der Waals surface area contributed by atoms with Crippen LogP contribution < -0.4 is 24.8 Å². The SMILES string of the molecule is COc1cc(CNC(=O)NC2CCCCC2C)cc(OC)c1OC. The summed E-state index contributed by atoms with van der Waals surface area (Å²) in [5.41, 5.74) is 0.886. The molecule has 1 saturated carbocycles. The number of benzene rings is 1. The Labute approximate surface area is 143 Å². The summed E-state index contributed by atoms with van der Waals surface area (Å²) in [4.78, 5) is 12.2. The van der Waals surface area contributed by atoms with Crippen LogP contribution in [0.3, 0.4) is 0 Å². The zero-order valence-electron chi connectivity index (χ0n) is 15.0. The van der Waals surface area contributed by atoms with E-state index in [-0.39, 0.29) is 12.1 Å². The van der Waals surface area contributed by atoms with E-state index in [1.54, 1.807) is 21.3 Å². The van der Waals surface area contributed by atoms with E-state index in [0.717, 1.165) is 12.0 Å². The number of hydrogen-bond donors (Lipinski definition) is 2. The first-order valence-electron chi connectivity index (χ1n) is 8.42. The van der Waals surface area contributed by atoms with Crippen LogP contribution in [0.2, 0.25) is 0 Å². The number of amides is 2. The average Bonchev–Trinajstić information content (AvgIpc) is 2.60. The molecule has 0 heterocycles. The van der Waals surface area contributed by atoms with Gasteiger partial charge in [-0.05, 0) is 36.5 Å². The molecular formula is C18H28N2O4. The molecule has 6 heteroatoms. The molecule has 0 spiro atoms. The van der Waals surface area contributed by atoms with Crippen molar-refractivity contribution in [2.24, 2.45) is 5.92 Å². The molecule has 0 radical (unpaired) electrons. The predicted octanol–water partition coefficient (Wildman–Crippen LogP) is 3.09. The number of hydrogen-bond acceptors (Lipinski definition) is 4. The number of carbonyl (C=O) groups is 1. The minimum atomic E-state index is -0.137. The molecule has 6 nitrogen and oxygen atoms in total. The van der Waals surface area contributed by atoms with Gasteiger partial charge in [0.15, 0.2) is 11.5 Å². The molecule has 2 atom stereocenters. The van der Waals surface area contributed by atoms with Crippen molar-refractivity contribution in [3.05, 3.63) is 17.7 Å². The summed E-state index contributed by atoms with van der Waals surface area (Å²) in [6.07, 6.45) is 4.67. The van der Waals surface area contributed by atoms with Crippen molar-refractivity contribution in [1.82, 2.24) is 10.6 Å². The van der Waals surface area contributed by atoms with E-state index in [1.165, 1.54) is 19.3 Å². The van der Waals surface area contributed by atoms with Crippen LogP contribution in [0, 0.1) is 5.92 Å². The fraction of sp³-hybridized carbons (Fsp3) is 0.611. The highest BCUT2D eigenvalue weighted by Gasteiger charge is 2.22. The maximum absolute atomic E-state index is 12.2. The van der Waals surface area contributed by atoms with Crippen LogP contribution in [0.1, 0.15) is 38.2 Å². The second-order valence-corrected chi connectivity index (χ2v) is 6.23. The Hall–Kier alpha value is -2.11. The Bertz CT molecular complexity index is 537. The monoisotopic (exact) mass is 336 g/mol. The molecule has 2 N–H and O–H groups in total. The lowest BCUT2D eigenvalue weighted by Gasteiger charge is -2.29. The van der Waals surface area contributed by atoms with Crippen LogP contribution >= 0.6 is 0 Å². The van der Waals surface area contributed by atoms with Crippen molar-refractivity contribution in [1.29, 1.82) is 0 Å².